The lowest BCUT2D eigenvalue weighted by Gasteiger charge is -2.41. The predicted octanol–water partition coefficient (Wildman–Crippen LogP) is 2.96. The molecule has 0 saturated carbocycles. The zero-order chi connectivity index (χ0) is 16.7. The number of aromatic nitrogens is 2. The fraction of sp³-hybridized carbons (Fsp3) is 0.526. The molecule has 2 aliphatic heterocycles. The summed E-state index contributed by atoms with van der Waals surface area (Å²) in [7, 11) is 0. The Labute approximate surface area is 143 Å². The zero-order valence-corrected chi connectivity index (χ0v) is 14.7. The number of hydrogen-bond acceptors (Lipinski definition) is 4. The average Bonchev–Trinajstić information content (AvgIpc) is 3.08. The van der Waals surface area contributed by atoms with E-state index in [9.17, 15) is 0 Å². The molecule has 0 radical (unpaired) electrons. The molecule has 1 atom stereocenters. The van der Waals surface area contributed by atoms with Crippen LogP contribution in [0.5, 0.6) is 11.5 Å². The Kier molecular flexibility index (Phi) is 3.96. The number of ether oxygens (including phenoxy) is 2. The van der Waals surface area contributed by atoms with Crippen molar-refractivity contribution in [1.29, 1.82) is 0 Å². The monoisotopic (exact) mass is 327 g/mol. The van der Waals surface area contributed by atoms with Crippen LogP contribution in [-0.4, -0.2) is 41.1 Å². The molecule has 0 amide bonds. The van der Waals surface area contributed by atoms with Crippen molar-refractivity contribution in [2.45, 2.75) is 33.2 Å². The number of fused-ring (bicyclic) bond motifs is 1. The highest BCUT2D eigenvalue weighted by molar-refractivity contribution is 5.44. The van der Waals surface area contributed by atoms with E-state index >= 15 is 0 Å². The van der Waals surface area contributed by atoms with Crippen LogP contribution in [0.4, 0.5) is 0 Å². The molecular weight excluding hydrogens is 302 g/mol. The van der Waals surface area contributed by atoms with E-state index in [-0.39, 0.29) is 0 Å². The lowest BCUT2D eigenvalue weighted by molar-refractivity contribution is 0.0818. The molecule has 0 unspecified atom stereocenters. The van der Waals surface area contributed by atoms with Gasteiger partial charge in [-0.05, 0) is 49.9 Å². The first-order chi connectivity index (χ1) is 11.6. The van der Waals surface area contributed by atoms with Crippen LogP contribution in [0.1, 0.15) is 29.9 Å². The summed E-state index contributed by atoms with van der Waals surface area (Å²) < 4.78 is 13.0. The lowest BCUT2D eigenvalue weighted by Crippen LogP contribution is -2.49. The van der Waals surface area contributed by atoms with Crippen molar-refractivity contribution >= 4 is 0 Å². The van der Waals surface area contributed by atoms with Crippen molar-refractivity contribution in [3.05, 3.63) is 41.2 Å². The Morgan fingerprint density at radius 1 is 1.17 bits per heavy atom. The van der Waals surface area contributed by atoms with Crippen LogP contribution in [0.15, 0.2) is 24.3 Å². The van der Waals surface area contributed by atoms with E-state index in [4.69, 9.17) is 9.47 Å². The summed E-state index contributed by atoms with van der Waals surface area (Å²) in [5.74, 6) is 2.36. The van der Waals surface area contributed by atoms with Crippen molar-refractivity contribution in [2.75, 3.05) is 26.4 Å². The molecule has 24 heavy (non-hydrogen) atoms. The highest BCUT2D eigenvalue weighted by Crippen LogP contribution is 2.33. The molecule has 2 aromatic rings. The van der Waals surface area contributed by atoms with Gasteiger partial charge in [-0.2, -0.15) is 5.10 Å². The highest BCUT2D eigenvalue weighted by Gasteiger charge is 2.30. The second-order valence-electron chi connectivity index (χ2n) is 7.24. The smallest absolute Gasteiger partial charge is 0.231 e. The van der Waals surface area contributed by atoms with Gasteiger partial charge in [0.2, 0.25) is 6.79 Å². The van der Waals surface area contributed by atoms with Gasteiger partial charge in [0.25, 0.3) is 0 Å². The van der Waals surface area contributed by atoms with E-state index in [2.05, 4.69) is 53.7 Å². The minimum atomic E-state index is 0.343. The molecule has 128 valence electrons. The largest absolute Gasteiger partial charge is 0.454 e. The Morgan fingerprint density at radius 2 is 1.96 bits per heavy atom. The van der Waals surface area contributed by atoms with Crippen LogP contribution in [0.2, 0.25) is 0 Å². The van der Waals surface area contributed by atoms with Crippen molar-refractivity contribution in [1.82, 2.24) is 14.7 Å². The number of hydrogen-bond donors (Lipinski definition) is 0. The second kappa shape index (κ2) is 6.13. The summed E-state index contributed by atoms with van der Waals surface area (Å²) in [5, 5.41) is 4.61. The average molecular weight is 327 g/mol. The van der Waals surface area contributed by atoms with Gasteiger partial charge in [-0.15, -0.1) is 0 Å². The number of aryl methyl sites for hydroxylation is 2. The maximum atomic E-state index is 5.47. The van der Waals surface area contributed by atoms with E-state index in [1.54, 1.807) is 0 Å². The second-order valence-corrected chi connectivity index (χ2v) is 7.24. The summed E-state index contributed by atoms with van der Waals surface area (Å²) in [5.41, 5.74) is 3.70. The first-order valence-corrected chi connectivity index (χ1v) is 8.72. The van der Waals surface area contributed by atoms with Gasteiger partial charge in [-0.3, -0.25) is 9.58 Å². The van der Waals surface area contributed by atoms with E-state index < -0.39 is 0 Å². The first kappa shape index (κ1) is 15.5. The number of likely N-dealkylation sites (tertiary alicyclic amines) is 1. The third-order valence-corrected chi connectivity index (χ3v) is 4.92. The Bertz CT molecular complexity index is 734. The van der Waals surface area contributed by atoms with Gasteiger partial charge in [0, 0.05) is 25.3 Å². The van der Waals surface area contributed by atoms with Crippen LogP contribution in [0.3, 0.4) is 0 Å². The fourth-order valence-electron chi connectivity index (χ4n) is 3.84. The maximum absolute atomic E-state index is 5.47. The number of benzene rings is 1. The minimum Gasteiger partial charge on any atom is -0.454 e. The Balaban J connectivity index is 1.28. The van der Waals surface area contributed by atoms with E-state index in [1.165, 1.54) is 11.3 Å². The van der Waals surface area contributed by atoms with Crippen molar-refractivity contribution < 1.29 is 9.47 Å². The first-order valence-electron chi connectivity index (χ1n) is 8.72. The van der Waals surface area contributed by atoms with Crippen molar-refractivity contribution in [3.8, 4) is 11.5 Å². The standard InChI is InChI=1S/C19H25N3O2/c1-13(6-16-4-5-18-19(8-16)24-12-23-18)9-21-10-17(11-21)22-15(3)7-14(2)20-22/h4-5,7-8,13,17H,6,9-12H2,1-3H3/t13-/m1/s1. The Morgan fingerprint density at radius 3 is 2.71 bits per heavy atom. The van der Waals surface area contributed by atoms with Gasteiger partial charge >= 0.3 is 0 Å². The summed E-state index contributed by atoms with van der Waals surface area (Å²) in [6.45, 7) is 10.2. The Hall–Kier alpha value is -2.01. The molecule has 5 heteroatoms. The molecule has 0 aliphatic carbocycles. The molecule has 1 saturated heterocycles. The van der Waals surface area contributed by atoms with E-state index in [0.29, 0.717) is 18.8 Å². The molecule has 4 rings (SSSR count). The normalized spacial score (nSPS) is 18.6. The van der Waals surface area contributed by atoms with E-state index in [1.807, 2.05) is 6.07 Å². The number of rotatable bonds is 5. The molecule has 1 fully saturated rings. The third kappa shape index (κ3) is 3.00. The fourth-order valence-corrected chi connectivity index (χ4v) is 3.84. The predicted molar refractivity (Wildman–Crippen MR) is 92.6 cm³/mol. The molecule has 3 heterocycles. The molecule has 2 aliphatic rings. The number of nitrogens with zero attached hydrogens (tertiary/aromatic N) is 3. The van der Waals surface area contributed by atoms with Gasteiger partial charge in [0.1, 0.15) is 0 Å². The molecular formula is C19H25N3O2. The molecule has 0 N–H and O–H groups in total. The van der Waals surface area contributed by atoms with Gasteiger partial charge in [-0.25, -0.2) is 0 Å². The van der Waals surface area contributed by atoms with Crippen LogP contribution < -0.4 is 9.47 Å². The molecule has 5 nitrogen and oxygen atoms in total. The molecule has 0 spiro atoms. The summed E-state index contributed by atoms with van der Waals surface area (Å²) in [6, 6.07) is 8.99. The highest BCUT2D eigenvalue weighted by atomic mass is 16.7. The van der Waals surface area contributed by atoms with Crippen LogP contribution in [-0.2, 0) is 6.42 Å². The molecule has 1 aromatic carbocycles. The third-order valence-electron chi connectivity index (χ3n) is 4.92. The lowest BCUT2D eigenvalue weighted by atomic mass is 9.98. The molecule has 0 bridgehead atoms. The quantitative estimate of drug-likeness (QED) is 0.846. The summed E-state index contributed by atoms with van der Waals surface area (Å²) >= 11 is 0. The zero-order valence-electron chi connectivity index (χ0n) is 14.7. The van der Waals surface area contributed by atoms with Crippen molar-refractivity contribution in [3.63, 3.8) is 0 Å². The van der Waals surface area contributed by atoms with E-state index in [0.717, 1.165) is 43.2 Å². The van der Waals surface area contributed by atoms with Gasteiger partial charge in [0.05, 0.1) is 11.7 Å². The maximum Gasteiger partial charge on any atom is 0.231 e. The summed E-state index contributed by atoms with van der Waals surface area (Å²) in [6.07, 6.45) is 1.07. The van der Waals surface area contributed by atoms with Crippen LogP contribution >= 0.6 is 0 Å². The van der Waals surface area contributed by atoms with Gasteiger partial charge in [-0.1, -0.05) is 13.0 Å². The van der Waals surface area contributed by atoms with Crippen LogP contribution in [0, 0.1) is 19.8 Å². The minimum absolute atomic E-state index is 0.343. The topological polar surface area (TPSA) is 39.5 Å². The van der Waals surface area contributed by atoms with Gasteiger partial charge in [0.15, 0.2) is 11.5 Å². The van der Waals surface area contributed by atoms with Crippen molar-refractivity contribution in [2.24, 2.45) is 5.92 Å². The van der Waals surface area contributed by atoms with Crippen LogP contribution in [0.25, 0.3) is 0 Å². The summed E-state index contributed by atoms with van der Waals surface area (Å²) in [4.78, 5) is 2.53. The SMILES string of the molecule is Cc1cc(C)n(C2CN(C[C@H](C)Cc3ccc4c(c3)OCO4)C2)n1. The van der Waals surface area contributed by atoms with Gasteiger partial charge < -0.3 is 9.47 Å². The molecule has 1 aromatic heterocycles.